The topological polar surface area (TPSA) is 67.2 Å². The normalized spacial score (nSPS) is 16.1. The van der Waals surface area contributed by atoms with Gasteiger partial charge >= 0.3 is 0 Å². The van der Waals surface area contributed by atoms with Gasteiger partial charge in [-0.15, -0.1) is 0 Å². The van der Waals surface area contributed by atoms with Gasteiger partial charge in [0.05, 0.1) is 6.54 Å². The zero-order valence-corrected chi connectivity index (χ0v) is 11.8. The number of hydrogen-bond acceptors (Lipinski definition) is 3. The molecule has 0 N–H and O–H groups in total. The largest absolute Gasteiger partial charge is 0.486 e. The molecule has 0 amide bonds. The molecule has 0 unspecified atom stereocenters. The van der Waals surface area contributed by atoms with Gasteiger partial charge in [-0.3, -0.25) is 0 Å². The van der Waals surface area contributed by atoms with Gasteiger partial charge in [0.15, 0.2) is 11.5 Å². The highest BCUT2D eigenvalue weighted by Gasteiger charge is 2.24. The molecule has 1 heterocycles. The summed E-state index contributed by atoms with van der Waals surface area (Å²) in [5.41, 5.74) is 10.1. The number of nitrogens with zero attached hydrogens (tertiary/aromatic N) is 3. The second-order valence-corrected chi connectivity index (χ2v) is 4.98. The summed E-state index contributed by atoms with van der Waals surface area (Å²) in [5, 5.41) is 4.18. The summed E-state index contributed by atoms with van der Waals surface area (Å²) in [4.78, 5) is 2.75. The van der Waals surface area contributed by atoms with Crippen LogP contribution in [-0.4, -0.2) is 19.3 Å². The number of fused-ring (bicyclic) bond motifs is 1. The summed E-state index contributed by atoms with van der Waals surface area (Å²) in [7, 11) is 0. The van der Waals surface area contributed by atoms with Crippen molar-refractivity contribution < 1.29 is 9.47 Å². The summed E-state index contributed by atoms with van der Waals surface area (Å²) in [6.45, 7) is 0.588. The molecule has 2 aromatic rings. The fourth-order valence-electron chi connectivity index (χ4n) is 2.24. The molecule has 1 atom stereocenters. The van der Waals surface area contributed by atoms with Gasteiger partial charge in [-0.25, -0.2) is 0 Å². The van der Waals surface area contributed by atoms with Crippen LogP contribution in [-0.2, 0) is 0 Å². The number of benzene rings is 2. The SMILES string of the molecule is [N-]=[N+]=NC[C@H]1COc2cccc(-c3ccccc3Cl)c2O1. The third-order valence-corrected chi connectivity index (χ3v) is 3.53. The van der Waals surface area contributed by atoms with Gasteiger partial charge < -0.3 is 9.47 Å². The van der Waals surface area contributed by atoms with E-state index >= 15 is 0 Å². The van der Waals surface area contributed by atoms with E-state index in [1.807, 2.05) is 42.5 Å². The third kappa shape index (κ3) is 2.75. The Labute approximate surface area is 126 Å². The zero-order chi connectivity index (χ0) is 14.7. The van der Waals surface area contributed by atoms with Crippen molar-refractivity contribution in [3.63, 3.8) is 0 Å². The highest BCUT2D eigenvalue weighted by atomic mass is 35.5. The maximum absolute atomic E-state index is 8.41. The van der Waals surface area contributed by atoms with E-state index in [9.17, 15) is 0 Å². The Morgan fingerprint density at radius 3 is 2.81 bits per heavy atom. The van der Waals surface area contributed by atoms with Crippen LogP contribution in [0.25, 0.3) is 21.6 Å². The second-order valence-electron chi connectivity index (χ2n) is 4.58. The van der Waals surface area contributed by atoms with Crippen LogP contribution < -0.4 is 9.47 Å². The Kier molecular flexibility index (Phi) is 3.86. The first-order valence-corrected chi connectivity index (χ1v) is 6.85. The molecule has 0 aliphatic carbocycles. The van der Waals surface area contributed by atoms with Crippen LogP contribution in [0.15, 0.2) is 47.6 Å². The van der Waals surface area contributed by atoms with Crippen molar-refractivity contribution in [2.24, 2.45) is 5.11 Å². The van der Waals surface area contributed by atoms with Crippen LogP contribution in [0.2, 0.25) is 5.02 Å². The number of rotatable bonds is 3. The average molecular weight is 302 g/mol. The molecule has 1 aliphatic rings. The van der Waals surface area contributed by atoms with Crippen molar-refractivity contribution in [1.82, 2.24) is 0 Å². The lowest BCUT2D eigenvalue weighted by molar-refractivity contribution is 0.0977. The standard InChI is InChI=1S/C15H12ClN3O2/c16-13-6-2-1-4-11(13)12-5-3-7-14-15(12)21-10(9-20-14)8-18-19-17/h1-7,10H,8-9H2/t10-/m0/s1. The second kappa shape index (κ2) is 5.95. The minimum Gasteiger partial charge on any atom is -0.486 e. The summed E-state index contributed by atoms with van der Waals surface area (Å²) >= 11 is 6.26. The summed E-state index contributed by atoms with van der Waals surface area (Å²) in [5.74, 6) is 1.31. The first kappa shape index (κ1) is 13.6. The molecule has 0 bridgehead atoms. The average Bonchev–Trinajstić information content (AvgIpc) is 2.53. The van der Waals surface area contributed by atoms with Gasteiger partial charge in [0.2, 0.25) is 0 Å². The maximum atomic E-state index is 8.41. The first-order valence-electron chi connectivity index (χ1n) is 6.48. The minimum absolute atomic E-state index is 0.229. The molecule has 0 radical (unpaired) electrons. The molecule has 0 fully saturated rings. The van der Waals surface area contributed by atoms with Crippen molar-refractivity contribution in [2.45, 2.75) is 6.10 Å². The zero-order valence-electron chi connectivity index (χ0n) is 11.1. The fourth-order valence-corrected chi connectivity index (χ4v) is 2.48. The van der Waals surface area contributed by atoms with E-state index in [4.69, 9.17) is 26.6 Å². The van der Waals surface area contributed by atoms with Crippen LogP contribution in [0.4, 0.5) is 0 Å². The lowest BCUT2D eigenvalue weighted by Gasteiger charge is -2.27. The molecule has 6 heteroatoms. The molecule has 3 rings (SSSR count). The van der Waals surface area contributed by atoms with Gasteiger partial charge in [0.25, 0.3) is 0 Å². The molecule has 0 aromatic heterocycles. The Morgan fingerprint density at radius 2 is 2.00 bits per heavy atom. The Hall–Kier alpha value is -2.36. The van der Waals surface area contributed by atoms with E-state index in [1.165, 1.54) is 0 Å². The van der Waals surface area contributed by atoms with Crippen LogP contribution in [0.1, 0.15) is 0 Å². The molecular weight excluding hydrogens is 290 g/mol. The van der Waals surface area contributed by atoms with Crippen molar-refractivity contribution in [2.75, 3.05) is 13.2 Å². The summed E-state index contributed by atoms with van der Waals surface area (Å²) < 4.78 is 11.6. The van der Waals surface area contributed by atoms with Crippen molar-refractivity contribution >= 4 is 11.6 Å². The predicted octanol–water partition coefficient (Wildman–Crippen LogP) is 4.46. The lowest BCUT2D eigenvalue weighted by atomic mass is 10.0. The van der Waals surface area contributed by atoms with Crippen LogP contribution >= 0.6 is 11.6 Å². The highest BCUT2D eigenvalue weighted by molar-refractivity contribution is 6.33. The molecule has 1 aliphatic heterocycles. The molecule has 0 saturated carbocycles. The van der Waals surface area contributed by atoms with E-state index in [1.54, 1.807) is 0 Å². The van der Waals surface area contributed by atoms with Crippen molar-refractivity contribution in [3.05, 3.63) is 57.9 Å². The lowest BCUT2D eigenvalue weighted by Crippen LogP contribution is -2.31. The molecular formula is C15H12ClN3O2. The fraction of sp³-hybridized carbons (Fsp3) is 0.200. The maximum Gasteiger partial charge on any atom is 0.169 e. The van der Waals surface area contributed by atoms with E-state index < -0.39 is 0 Å². The van der Waals surface area contributed by atoms with Gasteiger partial charge in [0, 0.05) is 21.1 Å². The summed E-state index contributed by atoms with van der Waals surface area (Å²) in [6, 6.07) is 13.2. The van der Waals surface area contributed by atoms with Crippen LogP contribution in [0.5, 0.6) is 11.5 Å². The number of azide groups is 1. The van der Waals surface area contributed by atoms with Crippen LogP contribution in [0, 0.1) is 0 Å². The van der Waals surface area contributed by atoms with Gasteiger partial charge in [-0.05, 0) is 17.7 Å². The Morgan fingerprint density at radius 1 is 1.19 bits per heavy atom. The van der Waals surface area contributed by atoms with E-state index in [2.05, 4.69) is 10.0 Å². The van der Waals surface area contributed by atoms with E-state index in [0.29, 0.717) is 23.1 Å². The summed E-state index contributed by atoms with van der Waals surface area (Å²) in [6.07, 6.45) is -0.294. The smallest absolute Gasteiger partial charge is 0.169 e. The number of para-hydroxylation sites is 1. The van der Waals surface area contributed by atoms with E-state index in [-0.39, 0.29) is 12.6 Å². The molecule has 106 valence electrons. The van der Waals surface area contributed by atoms with E-state index in [0.717, 1.165) is 11.1 Å². The molecule has 0 spiro atoms. The molecule has 21 heavy (non-hydrogen) atoms. The molecule has 0 saturated heterocycles. The Balaban J connectivity index is 2.01. The van der Waals surface area contributed by atoms with Gasteiger partial charge in [0.1, 0.15) is 12.7 Å². The van der Waals surface area contributed by atoms with Crippen LogP contribution in [0.3, 0.4) is 0 Å². The number of hydrogen-bond donors (Lipinski definition) is 0. The highest BCUT2D eigenvalue weighted by Crippen LogP contribution is 2.42. The Bertz CT molecular complexity index is 714. The number of ether oxygens (including phenoxy) is 2. The minimum atomic E-state index is -0.294. The third-order valence-electron chi connectivity index (χ3n) is 3.20. The molecule has 2 aromatic carbocycles. The van der Waals surface area contributed by atoms with Gasteiger partial charge in [-0.1, -0.05) is 47.0 Å². The van der Waals surface area contributed by atoms with Crippen molar-refractivity contribution in [1.29, 1.82) is 0 Å². The van der Waals surface area contributed by atoms with Gasteiger partial charge in [-0.2, -0.15) is 0 Å². The predicted molar refractivity (Wildman–Crippen MR) is 80.8 cm³/mol. The molecule has 5 nitrogen and oxygen atoms in total. The monoisotopic (exact) mass is 301 g/mol. The first-order chi connectivity index (χ1) is 10.3. The number of halogens is 1. The quantitative estimate of drug-likeness (QED) is 0.477. The van der Waals surface area contributed by atoms with Crippen molar-refractivity contribution in [3.8, 4) is 22.6 Å².